The minimum atomic E-state index is 0. The Hall–Kier alpha value is -6.65. The summed E-state index contributed by atoms with van der Waals surface area (Å²) in [6.45, 7) is 32.0. The fourth-order valence-corrected chi connectivity index (χ4v) is 10.3. The van der Waals surface area contributed by atoms with E-state index in [0.717, 1.165) is 55.6 Å². The number of aromatic nitrogens is 3. The quantitative estimate of drug-likeness (QED) is 0.123. The van der Waals surface area contributed by atoms with Crippen molar-refractivity contribution < 1.29 is 24.5 Å². The molecule has 11 rings (SSSR count). The summed E-state index contributed by atoms with van der Waals surface area (Å²) in [5.41, 5.74) is 18.4. The van der Waals surface area contributed by atoms with Crippen LogP contribution in [0.2, 0.25) is 0 Å². The van der Waals surface area contributed by atoms with Crippen molar-refractivity contribution in [3.63, 3.8) is 0 Å². The molecular formula is C69H69IrN3O-2. The molecule has 0 N–H and O–H groups in total. The number of rotatable bonds is 6. The van der Waals surface area contributed by atoms with E-state index in [0.29, 0.717) is 0 Å². The molecule has 0 aliphatic carbocycles. The third-order valence-electron chi connectivity index (χ3n) is 14.6. The maximum absolute atomic E-state index is 6.94. The molecular weight excluding hydrogens is 1080 g/mol. The van der Waals surface area contributed by atoms with Gasteiger partial charge in [0.25, 0.3) is 0 Å². The summed E-state index contributed by atoms with van der Waals surface area (Å²) in [6, 6.07) is 59.3. The minimum Gasteiger partial charge on any atom is -0.501 e. The second-order valence-corrected chi connectivity index (χ2v) is 23.8. The van der Waals surface area contributed by atoms with E-state index in [2.05, 4.69) is 234 Å². The van der Waals surface area contributed by atoms with Crippen molar-refractivity contribution >= 4 is 54.5 Å². The van der Waals surface area contributed by atoms with Gasteiger partial charge in [-0.05, 0) is 143 Å². The molecule has 0 saturated carbocycles. The van der Waals surface area contributed by atoms with E-state index in [-0.39, 0.29) is 48.2 Å². The Morgan fingerprint density at radius 2 is 1.19 bits per heavy atom. The molecule has 0 unspecified atom stereocenters. The van der Waals surface area contributed by atoms with E-state index in [1.54, 1.807) is 0 Å². The predicted octanol–water partition coefficient (Wildman–Crippen LogP) is 19.4. The van der Waals surface area contributed by atoms with Gasteiger partial charge in [-0.1, -0.05) is 174 Å². The molecule has 0 saturated heterocycles. The van der Waals surface area contributed by atoms with Crippen LogP contribution in [0.15, 0.2) is 156 Å². The SMILES string of the molecule is CC(C)(C)c1ccnc(-c2[c-]cccc2)c1.Cc1cccc2nc(-c3[c-]ccc4c3oc3cc5c(ccc6ccccc65)cc34)n(-c3c(C(C)C)cc(-c4cc(C(C)(C)C)cc(C(C)(C)C)c4)cc3C(C)C)c12.[Ir]. The monoisotopic (exact) mass is 1150 g/mol. The molecule has 0 bridgehead atoms. The third-order valence-corrected chi connectivity index (χ3v) is 14.6. The molecule has 0 aliphatic rings. The van der Waals surface area contributed by atoms with Gasteiger partial charge in [0, 0.05) is 37.4 Å². The van der Waals surface area contributed by atoms with Crippen LogP contribution in [0.3, 0.4) is 0 Å². The van der Waals surface area contributed by atoms with Crippen LogP contribution < -0.4 is 0 Å². The Balaban J connectivity index is 0.000000338. The summed E-state index contributed by atoms with van der Waals surface area (Å²) in [5, 5.41) is 7.02. The number of benzene rings is 8. The fraction of sp³-hybridized carbons (Fsp3) is 0.275. The zero-order valence-electron chi connectivity index (χ0n) is 45.7. The smallest absolute Gasteiger partial charge is 0.121 e. The first-order valence-electron chi connectivity index (χ1n) is 26.1. The van der Waals surface area contributed by atoms with Gasteiger partial charge in [0.05, 0.1) is 22.4 Å². The summed E-state index contributed by atoms with van der Waals surface area (Å²) < 4.78 is 9.38. The summed E-state index contributed by atoms with van der Waals surface area (Å²) in [5.74, 6) is 1.33. The van der Waals surface area contributed by atoms with Gasteiger partial charge in [-0.25, -0.2) is 0 Å². The van der Waals surface area contributed by atoms with Crippen molar-refractivity contribution in [2.24, 2.45) is 0 Å². The van der Waals surface area contributed by atoms with Crippen molar-refractivity contribution in [2.75, 3.05) is 0 Å². The number of furan rings is 1. The zero-order valence-corrected chi connectivity index (χ0v) is 48.1. The normalized spacial score (nSPS) is 12.3. The first-order valence-corrected chi connectivity index (χ1v) is 26.1. The van der Waals surface area contributed by atoms with E-state index in [1.807, 2.05) is 36.5 Å². The maximum Gasteiger partial charge on any atom is 0.121 e. The Bertz CT molecular complexity index is 3810. The molecule has 0 aliphatic heterocycles. The van der Waals surface area contributed by atoms with E-state index >= 15 is 0 Å². The molecule has 0 spiro atoms. The number of nitrogens with zero attached hydrogens (tertiary/aromatic N) is 3. The van der Waals surface area contributed by atoms with Crippen LogP contribution in [0.4, 0.5) is 0 Å². The van der Waals surface area contributed by atoms with E-state index < -0.39 is 0 Å². The molecule has 0 atom stereocenters. The van der Waals surface area contributed by atoms with Crippen molar-refractivity contribution in [3.8, 4) is 39.5 Å². The number of hydrogen-bond acceptors (Lipinski definition) is 3. The molecule has 3 aromatic heterocycles. The topological polar surface area (TPSA) is 43.9 Å². The molecule has 1 radical (unpaired) electrons. The Labute approximate surface area is 452 Å². The summed E-state index contributed by atoms with van der Waals surface area (Å²) in [4.78, 5) is 9.86. The molecule has 377 valence electrons. The van der Waals surface area contributed by atoms with Crippen molar-refractivity contribution in [3.05, 3.63) is 197 Å². The molecule has 8 aromatic carbocycles. The largest absolute Gasteiger partial charge is 0.501 e. The second kappa shape index (κ2) is 19.9. The van der Waals surface area contributed by atoms with Gasteiger partial charge in [0.2, 0.25) is 0 Å². The van der Waals surface area contributed by atoms with Gasteiger partial charge in [-0.15, -0.1) is 54.1 Å². The molecule has 0 fully saturated rings. The fourth-order valence-electron chi connectivity index (χ4n) is 10.3. The van der Waals surface area contributed by atoms with E-state index in [9.17, 15) is 0 Å². The molecule has 3 heterocycles. The summed E-state index contributed by atoms with van der Waals surface area (Å²) in [7, 11) is 0. The molecule has 4 nitrogen and oxygen atoms in total. The van der Waals surface area contributed by atoms with Crippen LogP contribution in [0.5, 0.6) is 0 Å². The molecule has 74 heavy (non-hydrogen) atoms. The van der Waals surface area contributed by atoms with Gasteiger partial charge in [0.15, 0.2) is 0 Å². The number of aryl methyl sites for hydroxylation is 1. The van der Waals surface area contributed by atoms with E-state index in [4.69, 9.17) is 9.40 Å². The van der Waals surface area contributed by atoms with Crippen molar-refractivity contribution in [1.82, 2.24) is 14.5 Å². The number of para-hydroxylation sites is 1. The van der Waals surface area contributed by atoms with Gasteiger partial charge in [-0.2, -0.15) is 0 Å². The Kier molecular flexibility index (Phi) is 14.0. The first-order chi connectivity index (χ1) is 34.7. The molecule has 0 amide bonds. The van der Waals surface area contributed by atoms with Crippen LogP contribution in [-0.4, -0.2) is 14.5 Å². The molecule has 11 aromatic rings. The first kappa shape index (κ1) is 52.2. The second-order valence-electron chi connectivity index (χ2n) is 23.8. The number of imidazole rings is 1. The zero-order chi connectivity index (χ0) is 51.7. The summed E-state index contributed by atoms with van der Waals surface area (Å²) in [6.07, 6.45) is 1.87. The van der Waals surface area contributed by atoms with Gasteiger partial charge in [-0.3, -0.25) is 4.98 Å². The average Bonchev–Trinajstić information content (AvgIpc) is 3.94. The number of pyridine rings is 1. The van der Waals surface area contributed by atoms with E-state index in [1.165, 1.54) is 71.7 Å². The van der Waals surface area contributed by atoms with Crippen LogP contribution in [0.1, 0.15) is 135 Å². The predicted molar refractivity (Wildman–Crippen MR) is 311 cm³/mol. The van der Waals surface area contributed by atoms with Gasteiger partial charge < -0.3 is 14.0 Å². The van der Waals surface area contributed by atoms with Crippen LogP contribution in [0.25, 0.3) is 94.0 Å². The minimum absolute atomic E-state index is 0. The van der Waals surface area contributed by atoms with Gasteiger partial charge in [0.1, 0.15) is 5.58 Å². The van der Waals surface area contributed by atoms with Crippen molar-refractivity contribution in [2.45, 2.75) is 125 Å². The average molecular weight is 1150 g/mol. The number of fused-ring (bicyclic) bond motifs is 7. The standard InChI is InChI=1S/C54H53N2O.C15H16N.Ir/c1-31(2)43-27-37(36-24-38(53(6,7)8)29-39(25-36)54(9,10)11)28-44(32(3)4)50(43)56-49-33(5)16-14-21-47(49)55-52(56)42-20-15-19-41-46-26-35-23-22-34-17-12-13-18-40(34)45(35)30-48(46)57-51(41)42;1-15(2,3)13-9-10-16-14(11-13)12-7-5-4-6-8-12;/h12-19,21-32H,1-11H3;4-7,9-11H,1-3H3;/q2*-1;. The van der Waals surface area contributed by atoms with Gasteiger partial charge >= 0.3 is 0 Å². The Morgan fingerprint density at radius 3 is 1.84 bits per heavy atom. The van der Waals surface area contributed by atoms with Crippen LogP contribution in [-0.2, 0) is 36.4 Å². The number of hydrogen-bond donors (Lipinski definition) is 0. The van der Waals surface area contributed by atoms with Crippen LogP contribution in [0, 0.1) is 19.1 Å². The van der Waals surface area contributed by atoms with Crippen molar-refractivity contribution in [1.29, 1.82) is 0 Å². The third kappa shape index (κ3) is 9.90. The summed E-state index contributed by atoms with van der Waals surface area (Å²) >= 11 is 0. The molecule has 5 heteroatoms. The van der Waals surface area contributed by atoms with Crippen LogP contribution >= 0.6 is 0 Å². The maximum atomic E-state index is 6.94. The Morgan fingerprint density at radius 1 is 0.541 bits per heavy atom.